The van der Waals surface area contributed by atoms with Crippen molar-refractivity contribution in [2.45, 2.75) is 32.8 Å². The molecule has 0 aliphatic rings. The third-order valence-corrected chi connectivity index (χ3v) is 2.84. The van der Waals surface area contributed by atoms with E-state index in [-0.39, 0.29) is 18.9 Å². The smallest absolute Gasteiger partial charge is 0.350 e. The average molecular weight is 309 g/mol. The summed E-state index contributed by atoms with van der Waals surface area (Å²) in [6, 6.07) is 3.11. The normalized spacial score (nSPS) is 10.9. The fourth-order valence-corrected chi connectivity index (χ4v) is 1.68. The summed E-state index contributed by atoms with van der Waals surface area (Å²) in [6.45, 7) is 4.75. The number of hydrogen-bond donors (Lipinski definition) is 1. The van der Waals surface area contributed by atoms with Gasteiger partial charge in [-0.3, -0.25) is 9.78 Å². The molecule has 0 radical (unpaired) electrons. The van der Waals surface area contributed by atoms with Gasteiger partial charge in [-0.05, 0) is 32.4 Å². The molecule has 0 spiro atoms. The second-order valence-corrected chi connectivity index (χ2v) is 4.62. The summed E-state index contributed by atoms with van der Waals surface area (Å²) in [6.07, 6.45) is 0.682. The van der Waals surface area contributed by atoms with Gasteiger partial charge in [0.2, 0.25) is 0 Å². The zero-order valence-electron chi connectivity index (χ0n) is 12.8. The van der Waals surface area contributed by atoms with Crippen LogP contribution < -0.4 is 0 Å². The van der Waals surface area contributed by atoms with Crippen LogP contribution in [0.5, 0.6) is 0 Å². The van der Waals surface area contributed by atoms with Gasteiger partial charge in [-0.2, -0.15) is 0 Å². The second kappa shape index (κ2) is 7.65. The molecule has 1 aromatic rings. The molecule has 1 rings (SSSR count). The predicted octanol–water partition coefficient (Wildman–Crippen LogP) is 0.820. The number of esters is 2. The lowest BCUT2D eigenvalue weighted by Crippen LogP contribution is -2.50. The molecule has 0 aliphatic heterocycles. The minimum atomic E-state index is -2.67. The molecule has 120 valence electrons. The third kappa shape index (κ3) is 4.11. The molecule has 7 heteroatoms. The Labute approximate surface area is 128 Å². The lowest BCUT2D eigenvalue weighted by Gasteiger charge is -2.22. The fraction of sp³-hybridized carbons (Fsp3) is 0.467. The maximum absolute atomic E-state index is 12.2. The number of hydrogen-bond acceptors (Lipinski definition) is 7. The molecule has 1 aromatic heterocycles. The van der Waals surface area contributed by atoms with Gasteiger partial charge in [0.15, 0.2) is 5.78 Å². The van der Waals surface area contributed by atoms with Crippen LogP contribution in [0, 0.1) is 6.92 Å². The molecule has 0 saturated heterocycles. The van der Waals surface area contributed by atoms with E-state index in [4.69, 9.17) is 0 Å². The zero-order valence-corrected chi connectivity index (χ0v) is 12.8. The number of carbonyl (C=O) groups is 3. The van der Waals surface area contributed by atoms with Crippen molar-refractivity contribution in [2.75, 3.05) is 13.2 Å². The first-order chi connectivity index (χ1) is 10.3. The molecule has 1 N–H and O–H groups in total. The maximum atomic E-state index is 12.2. The highest BCUT2D eigenvalue weighted by molar-refractivity contribution is 6.09. The van der Waals surface area contributed by atoms with Gasteiger partial charge in [0, 0.05) is 6.20 Å². The number of rotatable bonds is 7. The van der Waals surface area contributed by atoms with Gasteiger partial charge in [-0.15, -0.1) is 0 Å². The standard InChI is InChI=1S/C15H19NO6/c1-4-21-13(18)15(20,14(19)22-5-2)8-12(17)11-7-6-10(3)9-16-11/h6-7,9,20H,4-5,8H2,1-3H3. The van der Waals surface area contributed by atoms with Crippen LogP contribution in [0.25, 0.3) is 0 Å². The van der Waals surface area contributed by atoms with E-state index >= 15 is 0 Å². The topological polar surface area (TPSA) is 103 Å². The number of ether oxygens (including phenoxy) is 2. The van der Waals surface area contributed by atoms with Crippen molar-refractivity contribution in [3.8, 4) is 0 Å². The molecule has 0 aliphatic carbocycles. The molecule has 0 atom stereocenters. The van der Waals surface area contributed by atoms with Crippen LogP contribution in [0.15, 0.2) is 18.3 Å². The summed E-state index contributed by atoms with van der Waals surface area (Å²) in [5.41, 5.74) is -1.78. The average Bonchev–Trinajstić information content (AvgIpc) is 2.48. The highest BCUT2D eigenvalue weighted by Gasteiger charge is 2.49. The first kappa shape index (κ1) is 17.8. The monoisotopic (exact) mass is 309 g/mol. The van der Waals surface area contributed by atoms with E-state index in [0.29, 0.717) is 0 Å². The summed E-state index contributed by atoms with van der Waals surface area (Å²) >= 11 is 0. The van der Waals surface area contributed by atoms with Crippen LogP contribution in [-0.2, 0) is 19.1 Å². The molecule has 0 amide bonds. The Balaban J connectivity index is 3.01. The highest BCUT2D eigenvalue weighted by atomic mass is 16.6. The summed E-state index contributed by atoms with van der Waals surface area (Å²) in [7, 11) is 0. The van der Waals surface area contributed by atoms with Crippen LogP contribution in [0.2, 0.25) is 0 Å². The van der Waals surface area contributed by atoms with E-state index in [1.807, 2.05) is 0 Å². The van der Waals surface area contributed by atoms with Crippen molar-refractivity contribution in [3.05, 3.63) is 29.6 Å². The minimum absolute atomic E-state index is 0.0395. The Kier molecular flexibility index (Phi) is 6.18. The van der Waals surface area contributed by atoms with E-state index in [0.717, 1.165) is 5.56 Å². The number of Topliss-reactive ketones (excluding diaryl/α,β-unsaturated/α-hetero) is 1. The molecule has 0 bridgehead atoms. The van der Waals surface area contributed by atoms with Crippen LogP contribution in [-0.4, -0.2) is 46.6 Å². The van der Waals surface area contributed by atoms with Gasteiger partial charge in [0.25, 0.3) is 5.60 Å². The number of ketones is 1. The van der Waals surface area contributed by atoms with Crippen molar-refractivity contribution in [3.63, 3.8) is 0 Å². The Bertz CT molecular complexity index is 534. The third-order valence-electron chi connectivity index (χ3n) is 2.84. The molecule has 1 heterocycles. The first-order valence-electron chi connectivity index (χ1n) is 6.87. The van der Waals surface area contributed by atoms with E-state index in [1.165, 1.54) is 26.1 Å². The maximum Gasteiger partial charge on any atom is 0.350 e. The fourth-order valence-electron chi connectivity index (χ4n) is 1.68. The number of aliphatic hydroxyl groups is 1. The molecule has 0 aromatic carbocycles. The van der Waals surface area contributed by atoms with E-state index in [9.17, 15) is 19.5 Å². The number of aromatic nitrogens is 1. The van der Waals surface area contributed by atoms with Crippen LogP contribution in [0.4, 0.5) is 0 Å². The lowest BCUT2D eigenvalue weighted by atomic mass is 9.95. The van der Waals surface area contributed by atoms with E-state index in [1.54, 1.807) is 13.0 Å². The van der Waals surface area contributed by atoms with Gasteiger partial charge in [-0.1, -0.05) is 6.07 Å². The molecular weight excluding hydrogens is 290 g/mol. The van der Waals surface area contributed by atoms with Gasteiger partial charge in [-0.25, -0.2) is 9.59 Å². The van der Waals surface area contributed by atoms with Crippen molar-refractivity contribution in [2.24, 2.45) is 0 Å². The quantitative estimate of drug-likeness (QED) is 0.452. The van der Waals surface area contributed by atoms with Crippen molar-refractivity contribution < 1.29 is 29.0 Å². The first-order valence-corrected chi connectivity index (χ1v) is 6.87. The van der Waals surface area contributed by atoms with Gasteiger partial charge in [0.05, 0.1) is 19.6 Å². The molecule has 0 saturated carbocycles. The van der Waals surface area contributed by atoms with Crippen LogP contribution in [0.1, 0.15) is 36.3 Å². The molecule has 7 nitrogen and oxygen atoms in total. The Morgan fingerprint density at radius 1 is 1.14 bits per heavy atom. The minimum Gasteiger partial charge on any atom is -0.463 e. The molecule has 22 heavy (non-hydrogen) atoms. The zero-order chi connectivity index (χ0) is 16.8. The highest BCUT2D eigenvalue weighted by Crippen LogP contribution is 2.18. The Morgan fingerprint density at radius 2 is 1.68 bits per heavy atom. The molecule has 0 unspecified atom stereocenters. The predicted molar refractivity (Wildman–Crippen MR) is 76.1 cm³/mol. The molecular formula is C15H19NO6. The van der Waals surface area contributed by atoms with Crippen LogP contribution >= 0.6 is 0 Å². The number of pyridine rings is 1. The number of nitrogens with zero attached hydrogens (tertiary/aromatic N) is 1. The summed E-state index contributed by atoms with van der Waals surface area (Å²) in [4.78, 5) is 39.8. The largest absolute Gasteiger partial charge is 0.463 e. The van der Waals surface area contributed by atoms with Gasteiger partial charge < -0.3 is 14.6 Å². The molecule has 0 fully saturated rings. The van der Waals surface area contributed by atoms with E-state index in [2.05, 4.69) is 14.5 Å². The van der Waals surface area contributed by atoms with Crippen molar-refractivity contribution >= 4 is 17.7 Å². The summed E-state index contributed by atoms with van der Waals surface area (Å²) < 4.78 is 9.34. The van der Waals surface area contributed by atoms with Crippen LogP contribution in [0.3, 0.4) is 0 Å². The van der Waals surface area contributed by atoms with E-state index < -0.39 is 29.7 Å². The number of carbonyl (C=O) groups excluding carboxylic acids is 3. The Morgan fingerprint density at radius 3 is 2.09 bits per heavy atom. The van der Waals surface area contributed by atoms with Crippen molar-refractivity contribution in [1.82, 2.24) is 4.98 Å². The number of aryl methyl sites for hydroxylation is 1. The Hall–Kier alpha value is -2.28. The SMILES string of the molecule is CCOC(=O)C(O)(CC(=O)c1ccc(C)cn1)C(=O)OCC. The second-order valence-electron chi connectivity index (χ2n) is 4.62. The lowest BCUT2D eigenvalue weighted by molar-refractivity contribution is -0.182. The van der Waals surface area contributed by atoms with Crippen molar-refractivity contribution in [1.29, 1.82) is 0 Å². The summed E-state index contributed by atoms with van der Waals surface area (Å²) in [5.74, 6) is -3.09. The van der Waals surface area contributed by atoms with Gasteiger partial charge >= 0.3 is 11.9 Å². The van der Waals surface area contributed by atoms with Gasteiger partial charge in [0.1, 0.15) is 5.69 Å². The summed E-state index contributed by atoms with van der Waals surface area (Å²) in [5, 5.41) is 10.3.